The van der Waals surface area contributed by atoms with Gasteiger partial charge in [0.25, 0.3) is 5.56 Å². The van der Waals surface area contributed by atoms with Crippen LogP contribution in [0.15, 0.2) is 83.7 Å². The Morgan fingerprint density at radius 3 is 2.32 bits per heavy atom. The first-order chi connectivity index (χ1) is 18.2. The van der Waals surface area contributed by atoms with Gasteiger partial charge in [-0.15, -0.1) is 0 Å². The number of hydrogen-bond acceptors (Lipinski definition) is 5. The van der Waals surface area contributed by atoms with Crippen LogP contribution in [-0.4, -0.2) is 23.1 Å². The number of thiazole rings is 1. The van der Waals surface area contributed by atoms with E-state index in [1.165, 1.54) is 24.2 Å². The number of ether oxygens (including phenoxy) is 2. The van der Waals surface area contributed by atoms with Crippen molar-refractivity contribution in [3.05, 3.63) is 99.3 Å². The fourth-order valence-corrected chi connectivity index (χ4v) is 5.39. The second-order valence-electron chi connectivity index (χ2n) is 8.89. The maximum atomic E-state index is 13.7. The van der Waals surface area contributed by atoms with Gasteiger partial charge in [-0.3, -0.25) is 4.79 Å². The molecular weight excluding hydrogens is 480 g/mol. The zero-order valence-electron chi connectivity index (χ0n) is 21.1. The summed E-state index contributed by atoms with van der Waals surface area (Å²) < 4.78 is 13.9. The number of nitrogens with zero attached hydrogens (tertiary/aromatic N) is 2. The molecule has 0 saturated carbocycles. The Bertz CT molecular complexity index is 1590. The van der Waals surface area contributed by atoms with Crippen LogP contribution in [0.25, 0.3) is 33.6 Å². The molecule has 3 aromatic carbocycles. The molecule has 0 aliphatic carbocycles. The van der Waals surface area contributed by atoms with Gasteiger partial charge >= 0.3 is 0 Å². The first-order valence-corrected chi connectivity index (χ1v) is 13.5. The molecule has 2 aromatic heterocycles. The molecule has 0 radical (unpaired) electrons. The van der Waals surface area contributed by atoms with Crippen molar-refractivity contribution < 1.29 is 9.47 Å². The van der Waals surface area contributed by atoms with E-state index in [0.29, 0.717) is 21.8 Å². The molecule has 5 aromatic rings. The number of hydrogen-bond donors (Lipinski definition) is 0. The first kappa shape index (κ1) is 24.8. The van der Waals surface area contributed by atoms with Gasteiger partial charge in [0, 0.05) is 11.1 Å². The number of benzene rings is 3. The number of unbranched alkanes of at least 4 members (excludes halogenated alkanes) is 3. The largest absolute Gasteiger partial charge is 0.493 e. The monoisotopic (exact) mass is 510 g/mol. The van der Waals surface area contributed by atoms with Crippen LogP contribution in [0.4, 0.5) is 0 Å². The molecule has 0 aliphatic heterocycles. The van der Waals surface area contributed by atoms with E-state index in [0.717, 1.165) is 46.7 Å². The lowest BCUT2D eigenvalue weighted by atomic mass is 10.1. The molecule has 6 heteroatoms. The molecule has 0 fully saturated rings. The van der Waals surface area contributed by atoms with Crippen LogP contribution >= 0.6 is 11.3 Å². The van der Waals surface area contributed by atoms with Gasteiger partial charge in [-0.2, -0.15) is 0 Å². The van der Waals surface area contributed by atoms with Crippen molar-refractivity contribution in [2.24, 2.45) is 0 Å². The van der Waals surface area contributed by atoms with Gasteiger partial charge in [-0.05, 0) is 30.2 Å². The molecule has 0 unspecified atom stereocenters. The van der Waals surface area contributed by atoms with Crippen LogP contribution in [0.1, 0.15) is 38.2 Å². The topological polar surface area (TPSA) is 52.8 Å². The first-order valence-electron chi connectivity index (χ1n) is 12.7. The second-order valence-corrected chi connectivity index (χ2v) is 9.90. The van der Waals surface area contributed by atoms with E-state index in [2.05, 4.69) is 6.92 Å². The van der Waals surface area contributed by atoms with E-state index in [1.807, 2.05) is 84.9 Å². The molecular formula is C31H30N2O3S. The lowest BCUT2D eigenvalue weighted by Crippen LogP contribution is -2.23. The Hall–Kier alpha value is -3.90. The number of fused-ring (bicyclic) bond motifs is 1. The second kappa shape index (κ2) is 11.4. The maximum Gasteiger partial charge on any atom is 0.274 e. The van der Waals surface area contributed by atoms with E-state index in [1.54, 1.807) is 11.5 Å². The maximum absolute atomic E-state index is 13.7. The molecule has 0 N–H and O–H groups in total. The highest BCUT2D eigenvalue weighted by Crippen LogP contribution is 2.33. The molecule has 0 spiro atoms. The Morgan fingerprint density at radius 2 is 1.62 bits per heavy atom. The average Bonchev–Trinajstić information content (AvgIpc) is 3.46. The molecule has 188 valence electrons. The highest BCUT2D eigenvalue weighted by molar-refractivity contribution is 7.15. The highest BCUT2D eigenvalue weighted by atomic mass is 32.1. The Labute approximate surface area is 220 Å². The molecule has 0 amide bonds. The summed E-state index contributed by atoms with van der Waals surface area (Å²) in [6, 6.07) is 25.7. The van der Waals surface area contributed by atoms with Gasteiger partial charge in [-0.1, -0.05) is 104 Å². The van der Waals surface area contributed by atoms with Crippen molar-refractivity contribution in [1.29, 1.82) is 0 Å². The predicted octanol–water partition coefficient (Wildman–Crippen LogP) is 6.61. The molecule has 5 nitrogen and oxygen atoms in total. The van der Waals surface area contributed by atoms with Crippen molar-refractivity contribution in [1.82, 2.24) is 9.38 Å². The summed E-state index contributed by atoms with van der Waals surface area (Å²) in [4.78, 5) is 19.2. The van der Waals surface area contributed by atoms with Crippen LogP contribution in [0.3, 0.4) is 0 Å². The Morgan fingerprint density at radius 1 is 0.892 bits per heavy atom. The minimum absolute atomic E-state index is 0.0799. The zero-order valence-corrected chi connectivity index (χ0v) is 22.0. The Balaban J connectivity index is 1.54. The molecule has 2 heterocycles. The summed E-state index contributed by atoms with van der Waals surface area (Å²) in [6.45, 7) is 2.86. The van der Waals surface area contributed by atoms with Crippen molar-refractivity contribution in [3.63, 3.8) is 0 Å². The summed E-state index contributed by atoms with van der Waals surface area (Å²) in [6.07, 6.45) is 6.49. The smallest absolute Gasteiger partial charge is 0.274 e. The van der Waals surface area contributed by atoms with Gasteiger partial charge in [-0.25, -0.2) is 9.38 Å². The minimum atomic E-state index is -0.0799. The van der Waals surface area contributed by atoms with E-state index in [4.69, 9.17) is 14.5 Å². The number of imidazole rings is 1. The number of rotatable bonds is 10. The van der Waals surface area contributed by atoms with Gasteiger partial charge in [0.1, 0.15) is 0 Å². The summed E-state index contributed by atoms with van der Waals surface area (Å²) in [5, 5.41) is 0. The summed E-state index contributed by atoms with van der Waals surface area (Å²) >= 11 is 1.39. The van der Waals surface area contributed by atoms with E-state index in [9.17, 15) is 4.79 Å². The van der Waals surface area contributed by atoms with Crippen LogP contribution in [-0.2, 0) is 0 Å². The van der Waals surface area contributed by atoms with Crippen LogP contribution < -0.4 is 19.6 Å². The molecule has 0 aliphatic rings. The fourth-order valence-electron chi connectivity index (χ4n) is 4.42. The van der Waals surface area contributed by atoms with Gasteiger partial charge in [0.2, 0.25) is 0 Å². The van der Waals surface area contributed by atoms with Crippen LogP contribution in [0.2, 0.25) is 0 Å². The van der Waals surface area contributed by atoms with Gasteiger partial charge in [0.05, 0.1) is 29.6 Å². The molecule has 37 heavy (non-hydrogen) atoms. The van der Waals surface area contributed by atoms with Crippen LogP contribution in [0, 0.1) is 0 Å². The highest BCUT2D eigenvalue weighted by Gasteiger charge is 2.20. The number of aromatic nitrogens is 2. The fraction of sp³-hybridized carbons (Fsp3) is 0.226. The molecule has 5 rings (SSSR count). The van der Waals surface area contributed by atoms with Crippen molar-refractivity contribution in [2.45, 2.75) is 32.6 Å². The predicted molar refractivity (Wildman–Crippen MR) is 152 cm³/mol. The van der Waals surface area contributed by atoms with Gasteiger partial charge < -0.3 is 9.47 Å². The standard InChI is InChI=1S/C31H30N2O3S/c1-3-4-5-12-19-36-25-18-17-22(20-26(25)35-2)21-27-30(34)33-29(24-15-10-7-11-16-24)28(32-31(33)37-27)23-13-8-6-9-14-23/h6-11,13-18,20-21H,3-5,12,19H2,1-2H3/b27-21-. The van der Waals surface area contributed by atoms with Crippen molar-refractivity contribution in [3.8, 4) is 34.0 Å². The SMILES string of the molecule is CCCCCCOc1ccc(/C=c2\sc3nc(-c4ccccc4)c(-c4ccccc4)n3c2=O)cc1OC. The van der Waals surface area contributed by atoms with Crippen molar-refractivity contribution >= 4 is 22.4 Å². The third kappa shape index (κ3) is 5.30. The van der Waals surface area contributed by atoms with E-state index < -0.39 is 0 Å². The quantitative estimate of drug-likeness (QED) is 0.199. The lowest BCUT2D eigenvalue weighted by Gasteiger charge is -2.11. The third-order valence-electron chi connectivity index (χ3n) is 6.30. The minimum Gasteiger partial charge on any atom is -0.493 e. The summed E-state index contributed by atoms with van der Waals surface area (Å²) in [5.41, 5.74) is 4.36. The summed E-state index contributed by atoms with van der Waals surface area (Å²) in [7, 11) is 1.64. The zero-order chi connectivity index (χ0) is 25.6. The van der Waals surface area contributed by atoms with E-state index >= 15 is 0 Å². The summed E-state index contributed by atoms with van der Waals surface area (Å²) in [5.74, 6) is 1.38. The van der Waals surface area contributed by atoms with E-state index in [-0.39, 0.29) is 5.56 Å². The molecule has 0 saturated heterocycles. The normalized spacial score (nSPS) is 11.8. The number of methoxy groups -OCH3 is 1. The lowest BCUT2D eigenvalue weighted by molar-refractivity contribution is 0.285. The van der Waals surface area contributed by atoms with Gasteiger partial charge in [0.15, 0.2) is 16.5 Å². The Kier molecular flexibility index (Phi) is 7.66. The molecule has 0 bridgehead atoms. The molecule has 0 atom stereocenters. The third-order valence-corrected chi connectivity index (χ3v) is 7.27. The van der Waals surface area contributed by atoms with Crippen LogP contribution in [0.5, 0.6) is 11.5 Å². The average molecular weight is 511 g/mol. The van der Waals surface area contributed by atoms with Crippen molar-refractivity contribution in [2.75, 3.05) is 13.7 Å².